The van der Waals surface area contributed by atoms with E-state index in [0.717, 1.165) is 37.4 Å². The number of rotatable bonds is 4. The van der Waals surface area contributed by atoms with Gasteiger partial charge in [0.15, 0.2) is 0 Å². The number of likely N-dealkylation sites (tertiary alicyclic amines) is 1. The van der Waals surface area contributed by atoms with Crippen molar-refractivity contribution in [1.82, 2.24) is 9.88 Å². The molecule has 4 heteroatoms. The maximum Gasteiger partial charge on any atom is 0.222 e. The topological polar surface area (TPSA) is 45.2 Å². The number of amides is 1. The Hall–Kier alpha value is -1.58. The average molecular weight is 261 g/mol. The first kappa shape index (κ1) is 13.8. The second-order valence-corrected chi connectivity index (χ2v) is 5.29. The molecule has 0 radical (unpaired) electrons. The summed E-state index contributed by atoms with van der Waals surface area (Å²) in [4.78, 5) is 18.5. The van der Waals surface area contributed by atoms with Crippen LogP contribution >= 0.6 is 0 Å². The van der Waals surface area contributed by atoms with Gasteiger partial charge in [0.25, 0.3) is 0 Å². The van der Waals surface area contributed by atoms with Crippen LogP contribution in [-0.4, -0.2) is 28.9 Å². The predicted octanol–water partition coefficient (Wildman–Crippen LogP) is 2.66. The third-order valence-corrected chi connectivity index (χ3v) is 3.61. The van der Waals surface area contributed by atoms with Crippen LogP contribution in [0.4, 0.5) is 5.82 Å². The lowest BCUT2D eigenvalue weighted by Gasteiger charge is -2.20. The molecule has 4 nitrogen and oxygen atoms in total. The highest BCUT2D eigenvalue weighted by Gasteiger charge is 2.20. The molecule has 1 N–H and O–H groups in total. The molecule has 2 rings (SSSR count). The number of hydrogen-bond acceptors (Lipinski definition) is 3. The lowest BCUT2D eigenvalue weighted by Crippen LogP contribution is -2.30. The van der Waals surface area contributed by atoms with Crippen LogP contribution < -0.4 is 5.32 Å². The van der Waals surface area contributed by atoms with E-state index < -0.39 is 0 Å². The third kappa shape index (κ3) is 3.94. The molecule has 0 spiro atoms. The van der Waals surface area contributed by atoms with Gasteiger partial charge in [-0.1, -0.05) is 13.0 Å². The molecule has 0 aromatic carbocycles. The zero-order valence-corrected chi connectivity index (χ0v) is 11.9. The molecule has 1 atom stereocenters. The molecule has 19 heavy (non-hydrogen) atoms. The van der Waals surface area contributed by atoms with Crippen molar-refractivity contribution in [2.45, 2.75) is 39.7 Å². The maximum absolute atomic E-state index is 12.1. The standard InChI is InChI=1S/C15H23N3O/c1-3-16-14-6-4-5-13(17-14)11-18-10-9-12(2)7-8-15(18)19/h4-6,12H,3,7-11H2,1-2H3,(H,16,17). The van der Waals surface area contributed by atoms with Crippen molar-refractivity contribution in [2.24, 2.45) is 5.92 Å². The summed E-state index contributed by atoms with van der Waals surface area (Å²) in [5.41, 5.74) is 0.960. The van der Waals surface area contributed by atoms with Crippen LogP contribution in [0.25, 0.3) is 0 Å². The highest BCUT2D eigenvalue weighted by Crippen LogP contribution is 2.19. The Kier molecular flexibility index (Phi) is 4.77. The normalized spacial score (nSPS) is 20.2. The second kappa shape index (κ2) is 6.55. The van der Waals surface area contributed by atoms with Gasteiger partial charge < -0.3 is 10.2 Å². The monoisotopic (exact) mass is 261 g/mol. The molecule has 2 heterocycles. The number of nitrogens with zero attached hydrogens (tertiary/aromatic N) is 2. The highest BCUT2D eigenvalue weighted by atomic mass is 16.2. The minimum atomic E-state index is 0.264. The first-order valence-electron chi connectivity index (χ1n) is 7.16. The van der Waals surface area contributed by atoms with Crippen LogP contribution in [0.2, 0.25) is 0 Å². The summed E-state index contributed by atoms with van der Waals surface area (Å²) in [5, 5.41) is 3.20. The summed E-state index contributed by atoms with van der Waals surface area (Å²) in [5.74, 6) is 1.80. The van der Waals surface area contributed by atoms with Crippen LogP contribution in [0.15, 0.2) is 18.2 Å². The lowest BCUT2D eigenvalue weighted by atomic mass is 10.0. The average Bonchev–Trinajstić information content (AvgIpc) is 2.55. The van der Waals surface area contributed by atoms with Gasteiger partial charge in [0.05, 0.1) is 12.2 Å². The Morgan fingerprint density at radius 1 is 1.42 bits per heavy atom. The number of pyridine rings is 1. The van der Waals surface area contributed by atoms with Crippen molar-refractivity contribution < 1.29 is 4.79 Å². The molecule has 0 saturated carbocycles. The molecule has 0 bridgehead atoms. The van der Waals surface area contributed by atoms with E-state index in [0.29, 0.717) is 18.9 Å². The van der Waals surface area contributed by atoms with Gasteiger partial charge in [-0.05, 0) is 37.8 Å². The van der Waals surface area contributed by atoms with Crippen LogP contribution in [0.5, 0.6) is 0 Å². The molecule has 1 amide bonds. The summed E-state index contributed by atoms with van der Waals surface area (Å²) >= 11 is 0. The van der Waals surface area contributed by atoms with Crippen LogP contribution in [-0.2, 0) is 11.3 Å². The number of aromatic nitrogens is 1. The fourth-order valence-corrected chi connectivity index (χ4v) is 2.38. The maximum atomic E-state index is 12.1. The summed E-state index contributed by atoms with van der Waals surface area (Å²) in [6, 6.07) is 5.94. The van der Waals surface area contributed by atoms with E-state index in [2.05, 4.69) is 17.2 Å². The molecule has 1 aliphatic heterocycles. The van der Waals surface area contributed by atoms with Crippen molar-refractivity contribution in [3.05, 3.63) is 23.9 Å². The van der Waals surface area contributed by atoms with Gasteiger partial charge in [-0.2, -0.15) is 0 Å². The summed E-state index contributed by atoms with van der Waals surface area (Å²) in [6.45, 7) is 6.61. The van der Waals surface area contributed by atoms with Crippen LogP contribution in [0, 0.1) is 5.92 Å². The van der Waals surface area contributed by atoms with Crippen molar-refractivity contribution in [2.75, 3.05) is 18.4 Å². The zero-order valence-electron chi connectivity index (χ0n) is 11.9. The molecule has 1 aliphatic rings. The fraction of sp³-hybridized carbons (Fsp3) is 0.600. The van der Waals surface area contributed by atoms with E-state index in [4.69, 9.17) is 0 Å². The van der Waals surface area contributed by atoms with Crippen LogP contribution in [0.1, 0.15) is 38.8 Å². The summed E-state index contributed by atoms with van der Waals surface area (Å²) < 4.78 is 0. The second-order valence-electron chi connectivity index (χ2n) is 5.29. The number of carbonyl (C=O) groups excluding carboxylic acids is 1. The fourth-order valence-electron chi connectivity index (χ4n) is 2.38. The first-order chi connectivity index (χ1) is 9.19. The zero-order chi connectivity index (χ0) is 13.7. The minimum absolute atomic E-state index is 0.264. The van der Waals surface area contributed by atoms with Crippen molar-refractivity contribution >= 4 is 11.7 Å². The molecule has 1 saturated heterocycles. The molecule has 1 aromatic heterocycles. The van der Waals surface area contributed by atoms with Crippen molar-refractivity contribution in [3.8, 4) is 0 Å². The molecular weight excluding hydrogens is 238 g/mol. The van der Waals surface area contributed by atoms with E-state index in [1.807, 2.05) is 30.0 Å². The van der Waals surface area contributed by atoms with E-state index in [1.54, 1.807) is 0 Å². The van der Waals surface area contributed by atoms with Gasteiger partial charge in [-0.3, -0.25) is 4.79 Å². The molecule has 1 fully saturated rings. The number of carbonyl (C=O) groups is 1. The lowest BCUT2D eigenvalue weighted by molar-refractivity contribution is -0.131. The molecule has 1 aromatic rings. The number of nitrogens with one attached hydrogen (secondary N) is 1. The number of anilines is 1. The van der Waals surface area contributed by atoms with Gasteiger partial charge in [-0.15, -0.1) is 0 Å². The van der Waals surface area contributed by atoms with Crippen molar-refractivity contribution in [3.63, 3.8) is 0 Å². The van der Waals surface area contributed by atoms with E-state index in [-0.39, 0.29) is 5.91 Å². The molecular formula is C15H23N3O. The first-order valence-corrected chi connectivity index (χ1v) is 7.16. The Morgan fingerprint density at radius 2 is 2.26 bits per heavy atom. The Labute approximate surface area is 115 Å². The quantitative estimate of drug-likeness (QED) is 0.906. The summed E-state index contributed by atoms with van der Waals surface area (Å²) in [7, 11) is 0. The highest BCUT2D eigenvalue weighted by molar-refractivity contribution is 5.76. The Morgan fingerprint density at radius 3 is 3.05 bits per heavy atom. The van der Waals surface area contributed by atoms with Gasteiger partial charge in [-0.25, -0.2) is 4.98 Å². The predicted molar refractivity (Wildman–Crippen MR) is 76.8 cm³/mol. The summed E-state index contributed by atoms with van der Waals surface area (Å²) in [6.07, 6.45) is 2.78. The minimum Gasteiger partial charge on any atom is -0.370 e. The largest absolute Gasteiger partial charge is 0.370 e. The van der Waals surface area contributed by atoms with E-state index >= 15 is 0 Å². The Bertz CT molecular complexity index is 433. The number of hydrogen-bond donors (Lipinski definition) is 1. The van der Waals surface area contributed by atoms with Crippen molar-refractivity contribution in [1.29, 1.82) is 0 Å². The molecule has 104 valence electrons. The smallest absolute Gasteiger partial charge is 0.222 e. The van der Waals surface area contributed by atoms with E-state index in [9.17, 15) is 4.79 Å². The SMILES string of the molecule is CCNc1cccc(CN2CCC(C)CCC2=O)n1. The van der Waals surface area contributed by atoms with Crippen LogP contribution in [0.3, 0.4) is 0 Å². The van der Waals surface area contributed by atoms with Gasteiger partial charge in [0, 0.05) is 19.5 Å². The molecule has 0 aliphatic carbocycles. The van der Waals surface area contributed by atoms with Gasteiger partial charge >= 0.3 is 0 Å². The molecule has 1 unspecified atom stereocenters. The third-order valence-electron chi connectivity index (χ3n) is 3.61. The van der Waals surface area contributed by atoms with Gasteiger partial charge in [0.2, 0.25) is 5.91 Å². The van der Waals surface area contributed by atoms with E-state index in [1.165, 1.54) is 0 Å². The van der Waals surface area contributed by atoms with Gasteiger partial charge in [0.1, 0.15) is 5.82 Å². The Balaban J connectivity index is 2.02.